The number of methoxy groups -OCH3 is 2. The lowest BCUT2D eigenvalue weighted by molar-refractivity contribution is -0.0877. The number of ether oxygens (including phenoxy) is 2. The molecule has 0 rings (SSSR count). The second-order valence-corrected chi connectivity index (χ2v) is 0.901. The summed E-state index contributed by atoms with van der Waals surface area (Å²) in [7, 11) is 3.03. The van der Waals surface area contributed by atoms with Gasteiger partial charge in [-0.15, -0.1) is 0 Å². The van der Waals surface area contributed by atoms with Crippen molar-refractivity contribution in [2.75, 3.05) is 14.2 Å². The van der Waals surface area contributed by atoms with Gasteiger partial charge >= 0.3 is 0 Å². The molecule has 38 valence electrons. The van der Waals surface area contributed by atoms with E-state index in [0.29, 0.717) is 0 Å². The molecule has 0 N–H and O–H groups in total. The van der Waals surface area contributed by atoms with Crippen LogP contribution in [0.4, 0.5) is 0 Å². The summed E-state index contributed by atoms with van der Waals surface area (Å²) in [6, 6.07) is 0. The summed E-state index contributed by atoms with van der Waals surface area (Å²) in [6.45, 7) is 0.160. The van der Waals surface area contributed by atoms with Crippen LogP contribution in [-0.4, -0.2) is 20.5 Å². The van der Waals surface area contributed by atoms with Crippen molar-refractivity contribution in [1.82, 2.24) is 0 Å². The Hall–Kier alpha value is -0.0800. The molecule has 2 heteroatoms. The van der Waals surface area contributed by atoms with E-state index in [4.69, 9.17) is 1.37 Å². The Morgan fingerprint density at radius 2 is 2.00 bits per heavy atom. The molecule has 0 aliphatic rings. The van der Waals surface area contributed by atoms with Gasteiger partial charge in [-0.2, -0.15) is 0 Å². The predicted octanol–water partition coefficient (Wildman–Crippen LogP) is 0.625. The van der Waals surface area contributed by atoms with Crippen molar-refractivity contribution in [1.29, 1.82) is 0 Å². The molecule has 0 aromatic heterocycles. The van der Waals surface area contributed by atoms with Gasteiger partial charge in [0.15, 0.2) is 6.29 Å². The lowest BCUT2D eigenvalue weighted by Crippen LogP contribution is -2.05. The third-order valence-electron chi connectivity index (χ3n) is 0.526. The van der Waals surface area contributed by atoms with E-state index in [9.17, 15) is 0 Å². The predicted molar refractivity (Wildman–Crippen MR) is 23.5 cm³/mol. The Morgan fingerprint density at radius 1 is 1.50 bits per heavy atom. The van der Waals surface area contributed by atoms with Crippen molar-refractivity contribution in [2.24, 2.45) is 0 Å². The van der Waals surface area contributed by atoms with Crippen LogP contribution in [0, 0.1) is 0 Å². The zero-order chi connectivity index (χ0) is 5.70. The Bertz CT molecular complexity index is 31.2. The van der Waals surface area contributed by atoms with Gasteiger partial charge in [0.2, 0.25) is 0 Å². The van der Waals surface area contributed by atoms with Crippen molar-refractivity contribution in [3.63, 3.8) is 0 Å². The van der Waals surface area contributed by atoms with Crippen LogP contribution in [0.2, 0.25) is 0 Å². The molecule has 0 amide bonds. The highest BCUT2D eigenvalue weighted by molar-refractivity contribution is 4.17. The maximum Gasteiger partial charge on any atom is 0.154 e. The minimum atomic E-state index is -0.347. The highest BCUT2D eigenvalue weighted by Crippen LogP contribution is 1.82. The smallest absolute Gasteiger partial charge is 0.154 e. The van der Waals surface area contributed by atoms with Gasteiger partial charge in [0.25, 0.3) is 0 Å². The Balaban J connectivity index is 2.99. The van der Waals surface area contributed by atoms with Crippen molar-refractivity contribution < 1.29 is 10.8 Å². The van der Waals surface area contributed by atoms with Gasteiger partial charge in [0.05, 0.1) is 0 Å². The minimum absolute atomic E-state index is 0.160. The molecule has 0 aliphatic carbocycles. The quantitative estimate of drug-likeness (QED) is 0.464. The molecular formula is C4H10O2. The largest absolute Gasteiger partial charge is 0.356 e. The molecule has 6 heavy (non-hydrogen) atoms. The van der Waals surface area contributed by atoms with Crippen LogP contribution in [0.5, 0.6) is 0 Å². The first kappa shape index (κ1) is 4.09. The van der Waals surface area contributed by atoms with E-state index in [1.165, 1.54) is 14.2 Å². The second-order valence-electron chi connectivity index (χ2n) is 0.901. The topological polar surface area (TPSA) is 18.5 Å². The van der Waals surface area contributed by atoms with Gasteiger partial charge in [0, 0.05) is 15.6 Å². The number of hydrogen-bond donors (Lipinski definition) is 0. The third-order valence-corrected chi connectivity index (χ3v) is 0.526. The van der Waals surface area contributed by atoms with Gasteiger partial charge in [-0.3, -0.25) is 0 Å². The molecule has 0 aliphatic heterocycles. The second kappa shape index (κ2) is 3.12. The first-order valence-electron chi connectivity index (χ1n) is 2.40. The SMILES string of the molecule is [2H]CC(OC)OC. The standard InChI is InChI=1S/C4H10O2/c1-4(5-2)6-3/h4H,1-3H3/i1D. The molecule has 0 radical (unpaired) electrons. The van der Waals surface area contributed by atoms with E-state index in [0.717, 1.165) is 0 Å². The molecule has 0 saturated carbocycles. The van der Waals surface area contributed by atoms with Gasteiger partial charge in [0.1, 0.15) is 0 Å². The fourth-order valence-electron chi connectivity index (χ4n) is 0.0962. The first-order valence-corrected chi connectivity index (χ1v) is 1.70. The minimum Gasteiger partial charge on any atom is -0.356 e. The summed E-state index contributed by atoms with van der Waals surface area (Å²) >= 11 is 0. The van der Waals surface area contributed by atoms with Crippen molar-refractivity contribution in [2.45, 2.75) is 13.2 Å². The van der Waals surface area contributed by atoms with Crippen LogP contribution < -0.4 is 0 Å². The lowest BCUT2D eigenvalue weighted by atomic mass is 10.8. The Kier molecular flexibility index (Phi) is 2.13. The maximum absolute atomic E-state index is 6.71. The molecule has 0 aromatic carbocycles. The summed E-state index contributed by atoms with van der Waals surface area (Å²) in [5.74, 6) is 0. The van der Waals surface area contributed by atoms with Crippen molar-refractivity contribution in [3.05, 3.63) is 0 Å². The van der Waals surface area contributed by atoms with Crippen LogP contribution in [0.1, 0.15) is 8.27 Å². The molecule has 0 spiro atoms. The van der Waals surface area contributed by atoms with E-state index < -0.39 is 0 Å². The average molecular weight is 91.1 g/mol. The molecule has 2 nitrogen and oxygen atoms in total. The zero-order valence-corrected chi connectivity index (χ0v) is 4.10. The summed E-state index contributed by atoms with van der Waals surface area (Å²) in [5.41, 5.74) is 0. The van der Waals surface area contributed by atoms with E-state index in [1.807, 2.05) is 0 Å². The summed E-state index contributed by atoms with van der Waals surface area (Å²) < 4.78 is 16.0. The molecule has 0 saturated heterocycles. The molecule has 0 heterocycles. The maximum atomic E-state index is 6.71. The Labute approximate surface area is 39.5 Å². The first-order chi connectivity index (χ1) is 3.35. The van der Waals surface area contributed by atoms with Crippen LogP contribution >= 0.6 is 0 Å². The van der Waals surface area contributed by atoms with Crippen LogP contribution in [0.15, 0.2) is 0 Å². The van der Waals surface area contributed by atoms with Crippen molar-refractivity contribution in [3.8, 4) is 0 Å². The fraction of sp³-hybridized carbons (Fsp3) is 1.00. The van der Waals surface area contributed by atoms with E-state index in [-0.39, 0.29) is 13.2 Å². The molecule has 0 unspecified atom stereocenters. The summed E-state index contributed by atoms with van der Waals surface area (Å²) in [5, 5.41) is 0. The van der Waals surface area contributed by atoms with Crippen molar-refractivity contribution >= 4 is 0 Å². The fourth-order valence-corrected chi connectivity index (χ4v) is 0.0962. The van der Waals surface area contributed by atoms with Gasteiger partial charge < -0.3 is 9.47 Å². The third kappa shape index (κ3) is 2.18. The molecule has 0 bridgehead atoms. The highest BCUT2D eigenvalue weighted by Gasteiger charge is 1.87. The molecule has 0 aromatic rings. The van der Waals surface area contributed by atoms with Crippen LogP contribution in [0.3, 0.4) is 0 Å². The number of hydrogen-bond acceptors (Lipinski definition) is 2. The normalized spacial score (nSPS) is 12.2. The highest BCUT2D eigenvalue weighted by atomic mass is 16.7. The molecule has 0 atom stereocenters. The Morgan fingerprint density at radius 3 is 2.00 bits per heavy atom. The average Bonchev–Trinajstić information content (AvgIpc) is 1.72. The molecule has 0 fully saturated rings. The van der Waals surface area contributed by atoms with E-state index in [2.05, 4.69) is 9.47 Å². The zero-order valence-electron chi connectivity index (χ0n) is 5.10. The lowest BCUT2D eigenvalue weighted by Gasteiger charge is -2.03. The van der Waals surface area contributed by atoms with Crippen LogP contribution in [0.25, 0.3) is 0 Å². The monoisotopic (exact) mass is 91.1 g/mol. The number of rotatable bonds is 2. The van der Waals surface area contributed by atoms with Gasteiger partial charge in [-0.25, -0.2) is 0 Å². The van der Waals surface area contributed by atoms with Gasteiger partial charge in [-0.05, 0) is 6.90 Å². The van der Waals surface area contributed by atoms with Crippen LogP contribution in [-0.2, 0) is 9.47 Å². The summed E-state index contributed by atoms with van der Waals surface area (Å²) in [4.78, 5) is 0. The van der Waals surface area contributed by atoms with E-state index >= 15 is 0 Å². The van der Waals surface area contributed by atoms with Gasteiger partial charge in [-0.1, -0.05) is 0 Å². The molecular weight excluding hydrogens is 80.0 g/mol. The van der Waals surface area contributed by atoms with E-state index in [1.54, 1.807) is 0 Å². The summed E-state index contributed by atoms with van der Waals surface area (Å²) in [6.07, 6.45) is -0.347.